The van der Waals surface area contributed by atoms with Gasteiger partial charge in [0, 0.05) is 17.1 Å². The molecule has 0 aliphatic rings. The fourth-order valence-electron chi connectivity index (χ4n) is 1.90. The number of aromatic nitrogens is 2. The lowest BCUT2D eigenvalue weighted by Gasteiger charge is -1.97. The quantitative estimate of drug-likeness (QED) is 0.725. The van der Waals surface area contributed by atoms with Crippen molar-refractivity contribution in [3.63, 3.8) is 0 Å². The van der Waals surface area contributed by atoms with E-state index in [-0.39, 0.29) is 0 Å². The number of pyridine rings is 1. The number of nitrogens with one attached hydrogen (secondary N) is 1. The van der Waals surface area contributed by atoms with Gasteiger partial charge in [0.15, 0.2) is 0 Å². The van der Waals surface area contributed by atoms with Crippen molar-refractivity contribution >= 4 is 10.9 Å². The summed E-state index contributed by atoms with van der Waals surface area (Å²) in [5.41, 5.74) is 3.06. The van der Waals surface area contributed by atoms with Gasteiger partial charge in [-0.1, -0.05) is 6.07 Å². The van der Waals surface area contributed by atoms with Gasteiger partial charge in [-0.25, -0.2) is 0 Å². The molecule has 0 atom stereocenters. The monoisotopic (exact) mass is 224 g/mol. The molecule has 1 N–H and O–H groups in total. The van der Waals surface area contributed by atoms with E-state index in [4.69, 9.17) is 4.74 Å². The molecule has 84 valence electrons. The van der Waals surface area contributed by atoms with E-state index in [0.29, 0.717) is 0 Å². The van der Waals surface area contributed by atoms with E-state index in [1.165, 1.54) is 0 Å². The second-order valence-electron chi connectivity index (χ2n) is 3.85. The number of methoxy groups -OCH3 is 1. The molecule has 2 aromatic heterocycles. The molecule has 1 aromatic carbocycles. The van der Waals surface area contributed by atoms with Crippen molar-refractivity contribution in [2.75, 3.05) is 7.11 Å². The van der Waals surface area contributed by atoms with Crippen LogP contribution < -0.4 is 4.74 Å². The second-order valence-corrected chi connectivity index (χ2v) is 3.85. The minimum Gasteiger partial charge on any atom is -0.497 e. The van der Waals surface area contributed by atoms with E-state index in [1.807, 2.05) is 36.4 Å². The van der Waals surface area contributed by atoms with Crippen LogP contribution in [0.1, 0.15) is 0 Å². The highest BCUT2D eigenvalue weighted by atomic mass is 16.5. The molecule has 0 radical (unpaired) electrons. The highest BCUT2D eigenvalue weighted by molar-refractivity contribution is 5.86. The third-order valence-electron chi connectivity index (χ3n) is 2.77. The van der Waals surface area contributed by atoms with Gasteiger partial charge in [-0.05, 0) is 36.4 Å². The standard InChI is InChI=1S/C14H12N2O/c1-17-11-5-6-12-10(8-11)9-14(16-12)13-4-2-3-7-15-13/h2-9,16H,1H3. The summed E-state index contributed by atoms with van der Waals surface area (Å²) in [7, 11) is 1.67. The molecule has 0 saturated heterocycles. The van der Waals surface area contributed by atoms with Gasteiger partial charge >= 0.3 is 0 Å². The summed E-state index contributed by atoms with van der Waals surface area (Å²) in [6.45, 7) is 0. The Morgan fingerprint density at radius 2 is 2.06 bits per heavy atom. The maximum absolute atomic E-state index is 5.21. The number of benzene rings is 1. The first-order chi connectivity index (χ1) is 8.36. The molecule has 0 fully saturated rings. The number of hydrogen-bond donors (Lipinski definition) is 1. The fourth-order valence-corrected chi connectivity index (χ4v) is 1.90. The predicted molar refractivity (Wildman–Crippen MR) is 68.1 cm³/mol. The number of rotatable bonds is 2. The van der Waals surface area contributed by atoms with Crippen LogP contribution in [0.15, 0.2) is 48.7 Å². The van der Waals surface area contributed by atoms with Crippen LogP contribution in [0.25, 0.3) is 22.3 Å². The summed E-state index contributed by atoms with van der Waals surface area (Å²) in [6.07, 6.45) is 1.79. The van der Waals surface area contributed by atoms with Crippen LogP contribution in [-0.2, 0) is 0 Å². The van der Waals surface area contributed by atoms with Crippen LogP contribution in [0.2, 0.25) is 0 Å². The Bertz CT molecular complexity index is 644. The zero-order valence-electron chi connectivity index (χ0n) is 9.47. The van der Waals surface area contributed by atoms with Crippen LogP contribution in [0.4, 0.5) is 0 Å². The number of ether oxygens (including phenoxy) is 1. The van der Waals surface area contributed by atoms with Gasteiger partial charge in [-0.15, -0.1) is 0 Å². The molecule has 0 bridgehead atoms. The van der Waals surface area contributed by atoms with Crippen LogP contribution in [0.5, 0.6) is 5.75 Å². The summed E-state index contributed by atoms with van der Waals surface area (Å²) < 4.78 is 5.21. The van der Waals surface area contributed by atoms with Gasteiger partial charge in [0.2, 0.25) is 0 Å². The van der Waals surface area contributed by atoms with E-state index < -0.39 is 0 Å². The molecular weight excluding hydrogens is 212 g/mol. The molecule has 0 amide bonds. The summed E-state index contributed by atoms with van der Waals surface area (Å²) in [4.78, 5) is 7.67. The minimum atomic E-state index is 0.865. The van der Waals surface area contributed by atoms with Crippen molar-refractivity contribution in [2.24, 2.45) is 0 Å². The topological polar surface area (TPSA) is 37.9 Å². The predicted octanol–water partition coefficient (Wildman–Crippen LogP) is 3.24. The largest absolute Gasteiger partial charge is 0.497 e. The van der Waals surface area contributed by atoms with E-state index in [1.54, 1.807) is 13.3 Å². The molecule has 0 unspecified atom stereocenters. The van der Waals surface area contributed by atoms with Crippen molar-refractivity contribution in [1.29, 1.82) is 0 Å². The van der Waals surface area contributed by atoms with Crippen LogP contribution in [0, 0.1) is 0 Å². The van der Waals surface area contributed by atoms with Crippen molar-refractivity contribution < 1.29 is 4.74 Å². The highest BCUT2D eigenvalue weighted by Crippen LogP contribution is 2.25. The fraction of sp³-hybridized carbons (Fsp3) is 0.0714. The van der Waals surface area contributed by atoms with Gasteiger partial charge in [-0.3, -0.25) is 4.98 Å². The SMILES string of the molecule is COc1ccc2[nH]c(-c3ccccn3)cc2c1. The molecule has 3 heteroatoms. The van der Waals surface area contributed by atoms with Gasteiger partial charge in [-0.2, -0.15) is 0 Å². The van der Waals surface area contributed by atoms with Crippen LogP contribution in [0.3, 0.4) is 0 Å². The number of H-pyrrole nitrogens is 1. The zero-order valence-corrected chi connectivity index (χ0v) is 9.47. The van der Waals surface area contributed by atoms with Crippen molar-refractivity contribution in [1.82, 2.24) is 9.97 Å². The molecule has 0 spiro atoms. The molecule has 17 heavy (non-hydrogen) atoms. The van der Waals surface area contributed by atoms with E-state index in [0.717, 1.165) is 28.0 Å². The molecule has 3 rings (SSSR count). The lowest BCUT2D eigenvalue weighted by molar-refractivity contribution is 0.415. The second kappa shape index (κ2) is 3.94. The van der Waals surface area contributed by atoms with Crippen molar-refractivity contribution in [3.8, 4) is 17.1 Å². The molecule has 2 heterocycles. The maximum Gasteiger partial charge on any atom is 0.119 e. The molecule has 3 nitrogen and oxygen atoms in total. The van der Waals surface area contributed by atoms with Gasteiger partial charge in [0.05, 0.1) is 18.5 Å². The maximum atomic E-state index is 5.21. The third-order valence-corrected chi connectivity index (χ3v) is 2.77. The number of hydrogen-bond acceptors (Lipinski definition) is 2. The van der Waals surface area contributed by atoms with E-state index >= 15 is 0 Å². The Kier molecular flexibility index (Phi) is 2.29. The highest BCUT2D eigenvalue weighted by Gasteiger charge is 2.04. The minimum absolute atomic E-state index is 0.865. The summed E-state index contributed by atoms with van der Waals surface area (Å²) in [6, 6.07) is 13.9. The van der Waals surface area contributed by atoms with Gasteiger partial charge in [0.25, 0.3) is 0 Å². The first-order valence-corrected chi connectivity index (χ1v) is 5.45. The zero-order chi connectivity index (χ0) is 11.7. The Balaban J connectivity index is 2.14. The van der Waals surface area contributed by atoms with Crippen LogP contribution in [-0.4, -0.2) is 17.1 Å². The average molecular weight is 224 g/mol. The average Bonchev–Trinajstić information content (AvgIpc) is 2.82. The number of aromatic amines is 1. The lowest BCUT2D eigenvalue weighted by Crippen LogP contribution is -1.80. The Morgan fingerprint density at radius 3 is 2.82 bits per heavy atom. The van der Waals surface area contributed by atoms with Crippen molar-refractivity contribution in [3.05, 3.63) is 48.7 Å². The Morgan fingerprint density at radius 1 is 1.12 bits per heavy atom. The van der Waals surface area contributed by atoms with E-state index in [9.17, 15) is 0 Å². The molecule has 3 aromatic rings. The summed E-state index contributed by atoms with van der Waals surface area (Å²) in [5, 5.41) is 1.13. The Labute approximate surface area is 99.1 Å². The first kappa shape index (κ1) is 9.90. The van der Waals surface area contributed by atoms with Gasteiger partial charge < -0.3 is 9.72 Å². The smallest absolute Gasteiger partial charge is 0.119 e. The lowest BCUT2D eigenvalue weighted by atomic mass is 10.2. The molecule has 0 aliphatic heterocycles. The third kappa shape index (κ3) is 1.76. The summed E-state index contributed by atoms with van der Waals surface area (Å²) in [5.74, 6) is 0.865. The molecule has 0 saturated carbocycles. The first-order valence-electron chi connectivity index (χ1n) is 5.45. The number of fused-ring (bicyclic) bond motifs is 1. The molecule has 0 aliphatic carbocycles. The normalized spacial score (nSPS) is 10.6. The molecular formula is C14H12N2O. The summed E-state index contributed by atoms with van der Waals surface area (Å²) >= 11 is 0. The van der Waals surface area contributed by atoms with E-state index in [2.05, 4.69) is 16.0 Å². The van der Waals surface area contributed by atoms with Crippen LogP contribution >= 0.6 is 0 Å². The van der Waals surface area contributed by atoms with Gasteiger partial charge in [0.1, 0.15) is 5.75 Å². The number of nitrogens with zero attached hydrogens (tertiary/aromatic N) is 1. The Hall–Kier alpha value is -2.29. The van der Waals surface area contributed by atoms with Crippen molar-refractivity contribution in [2.45, 2.75) is 0 Å².